The number of ether oxygens (including phenoxy) is 1. The van der Waals surface area contributed by atoms with E-state index in [1.165, 1.54) is 22.2 Å². The fourth-order valence-corrected chi connectivity index (χ4v) is 5.91. The first-order valence-electron chi connectivity index (χ1n) is 10.1. The number of amides is 1. The zero-order valence-electron chi connectivity index (χ0n) is 17.2. The lowest BCUT2D eigenvalue weighted by Gasteiger charge is -2.12. The van der Waals surface area contributed by atoms with Gasteiger partial charge in [0.1, 0.15) is 4.83 Å². The molecule has 0 unspecified atom stereocenters. The van der Waals surface area contributed by atoms with Crippen molar-refractivity contribution < 1.29 is 9.53 Å². The molecule has 8 heteroatoms. The third-order valence-corrected chi connectivity index (χ3v) is 7.32. The van der Waals surface area contributed by atoms with Gasteiger partial charge in [0.15, 0.2) is 5.16 Å². The summed E-state index contributed by atoms with van der Waals surface area (Å²) in [6, 6.07) is 7.70. The Morgan fingerprint density at radius 2 is 2.23 bits per heavy atom. The van der Waals surface area contributed by atoms with Gasteiger partial charge in [0, 0.05) is 30.8 Å². The van der Waals surface area contributed by atoms with Gasteiger partial charge in [-0.05, 0) is 55.9 Å². The number of carbonyl (C=O) groups excluding carboxylic acids is 1. The monoisotopic (exact) mass is 443 g/mol. The summed E-state index contributed by atoms with van der Waals surface area (Å²) in [7, 11) is 1.65. The number of anilines is 1. The zero-order chi connectivity index (χ0) is 21.1. The molecule has 0 atom stereocenters. The van der Waals surface area contributed by atoms with Crippen molar-refractivity contribution in [3.8, 4) is 0 Å². The number of nitrogens with one attached hydrogen (secondary N) is 1. The maximum Gasteiger partial charge on any atom is 0.263 e. The summed E-state index contributed by atoms with van der Waals surface area (Å²) in [5.74, 6) is 0.0819. The van der Waals surface area contributed by atoms with Crippen LogP contribution in [0.3, 0.4) is 0 Å². The van der Waals surface area contributed by atoms with Crippen molar-refractivity contribution in [2.45, 2.75) is 44.3 Å². The normalized spacial score (nSPS) is 13.0. The molecular formula is C22H25N3O3S2. The summed E-state index contributed by atoms with van der Waals surface area (Å²) >= 11 is 2.94. The van der Waals surface area contributed by atoms with Gasteiger partial charge in [0.05, 0.1) is 11.1 Å². The van der Waals surface area contributed by atoms with Crippen LogP contribution in [0, 0.1) is 6.92 Å². The minimum absolute atomic E-state index is 0.0112. The van der Waals surface area contributed by atoms with E-state index in [9.17, 15) is 9.59 Å². The third kappa shape index (κ3) is 4.45. The predicted molar refractivity (Wildman–Crippen MR) is 123 cm³/mol. The number of hydrogen-bond donors (Lipinski definition) is 1. The highest BCUT2D eigenvalue weighted by Gasteiger charge is 2.23. The van der Waals surface area contributed by atoms with Crippen LogP contribution in [0.25, 0.3) is 10.2 Å². The van der Waals surface area contributed by atoms with Gasteiger partial charge in [-0.3, -0.25) is 14.2 Å². The van der Waals surface area contributed by atoms with Crippen molar-refractivity contribution in [3.63, 3.8) is 0 Å². The van der Waals surface area contributed by atoms with Gasteiger partial charge in [0.25, 0.3) is 5.56 Å². The van der Waals surface area contributed by atoms with E-state index in [1.54, 1.807) is 23.0 Å². The summed E-state index contributed by atoms with van der Waals surface area (Å²) in [6.45, 7) is 3.09. The first-order chi connectivity index (χ1) is 14.6. The van der Waals surface area contributed by atoms with Crippen molar-refractivity contribution >= 4 is 44.9 Å². The maximum atomic E-state index is 13.3. The van der Waals surface area contributed by atoms with E-state index >= 15 is 0 Å². The summed E-state index contributed by atoms with van der Waals surface area (Å²) in [6.07, 6.45) is 3.81. The minimum atomic E-state index is -0.114. The highest BCUT2D eigenvalue weighted by atomic mass is 32.2. The molecule has 3 aromatic rings. The number of aryl methyl sites for hydroxylation is 3. The molecule has 2 heterocycles. The van der Waals surface area contributed by atoms with E-state index in [2.05, 4.69) is 5.32 Å². The standard InChI is InChI=1S/C22H25N3O3S2/c1-14-6-3-7-15(12-14)23-18(26)13-29-22-24-20-19(16-8-4-9-17(16)30-20)21(27)25(22)10-5-11-28-2/h3,6-7,12H,4-5,8-11,13H2,1-2H3,(H,23,26). The molecule has 0 bridgehead atoms. The van der Waals surface area contributed by atoms with Crippen molar-refractivity contribution in [2.75, 3.05) is 24.8 Å². The second kappa shape index (κ2) is 9.32. The highest BCUT2D eigenvalue weighted by Crippen LogP contribution is 2.35. The Morgan fingerprint density at radius 1 is 1.37 bits per heavy atom. The van der Waals surface area contributed by atoms with Crippen LogP contribution < -0.4 is 10.9 Å². The van der Waals surface area contributed by atoms with Gasteiger partial charge in [-0.25, -0.2) is 4.98 Å². The number of methoxy groups -OCH3 is 1. The van der Waals surface area contributed by atoms with E-state index in [4.69, 9.17) is 9.72 Å². The van der Waals surface area contributed by atoms with Crippen molar-refractivity contribution in [1.29, 1.82) is 0 Å². The molecule has 1 aromatic carbocycles. The van der Waals surface area contributed by atoms with Crippen molar-refractivity contribution in [1.82, 2.24) is 9.55 Å². The molecule has 4 rings (SSSR count). The molecule has 1 N–H and O–H groups in total. The molecule has 1 aliphatic rings. The molecule has 0 saturated heterocycles. The third-order valence-electron chi connectivity index (χ3n) is 5.15. The predicted octanol–water partition coefficient (Wildman–Crippen LogP) is 4.02. The van der Waals surface area contributed by atoms with E-state index in [1.807, 2.05) is 31.2 Å². The number of aromatic nitrogens is 2. The second-order valence-electron chi connectivity index (χ2n) is 7.44. The molecule has 0 saturated carbocycles. The molecule has 1 amide bonds. The second-order valence-corrected chi connectivity index (χ2v) is 9.47. The van der Waals surface area contributed by atoms with E-state index in [0.717, 1.165) is 47.2 Å². The number of thiophene rings is 1. The molecule has 0 spiro atoms. The van der Waals surface area contributed by atoms with Crippen LogP contribution in [0.15, 0.2) is 34.2 Å². The largest absolute Gasteiger partial charge is 0.385 e. The van der Waals surface area contributed by atoms with Gasteiger partial charge >= 0.3 is 0 Å². The molecular weight excluding hydrogens is 418 g/mol. The first-order valence-corrected chi connectivity index (χ1v) is 11.9. The minimum Gasteiger partial charge on any atom is -0.385 e. The van der Waals surface area contributed by atoms with E-state index in [0.29, 0.717) is 18.3 Å². The Labute approximate surface area is 183 Å². The summed E-state index contributed by atoms with van der Waals surface area (Å²) in [5, 5.41) is 4.29. The Bertz CT molecular complexity index is 1140. The summed E-state index contributed by atoms with van der Waals surface area (Å²) in [4.78, 5) is 32.7. The number of hydrogen-bond acceptors (Lipinski definition) is 6. The number of benzene rings is 1. The highest BCUT2D eigenvalue weighted by molar-refractivity contribution is 7.99. The number of nitrogens with zero attached hydrogens (tertiary/aromatic N) is 2. The van der Waals surface area contributed by atoms with Crippen LogP contribution in [0.5, 0.6) is 0 Å². The average molecular weight is 444 g/mol. The fraction of sp³-hybridized carbons (Fsp3) is 0.409. The molecule has 30 heavy (non-hydrogen) atoms. The Balaban J connectivity index is 1.57. The maximum absolute atomic E-state index is 13.3. The summed E-state index contributed by atoms with van der Waals surface area (Å²) in [5.41, 5.74) is 3.06. The summed E-state index contributed by atoms with van der Waals surface area (Å²) < 4.78 is 6.88. The molecule has 158 valence electrons. The number of fused-ring (bicyclic) bond motifs is 3. The van der Waals surface area contributed by atoms with E-state index in [-0.39, 0.29) is 17.2 Å². The lowest BCUT2D eigenvalue weighted by Crippen LogP contribution is -2.25. The SMILES string of the molecule is COCCCn1c(SCC(=O)Nc2cccc(C)c2)nc2sc3c(c2c1=O)CCC3. The Hall–Kier alpha value is -2.16. The van der Waals surface area contributed by atoms with Gasteiger partial charge < -0.3 is 10.1 Å². The molecule has 0 aliphatic heterocycles. The van der Waals surface area contributed by atoms with Gasteiger partial charge in [-0.1, -0.05) is 23.9 Å². The van der Waals surface area contributed by atoms with Gasteiger partial charge in [-0.2, -0.15) is 0 Å². The van der Waals surface area contributed by atoms with E-state index < -0.39 is 0 Å². The zero-order valence-corrected chi connectivity index (χ0v) is 18.8. The lowest BCUT2D eigenvalue weighted by molar-refractivity contribution is -0.113. The Morgan fingerprint density at radius 3 is 3.03 bits per heavy atom. The van der Waals surface area contributed by atoms with Gasteiger partial charge in [-0.15, -0.1) is 11.3 Å². The van der Waals surface area contributed by atoms with Gasteiger partial charge in [0.2, 0.25) is 5.91 Å². The van der Waals surface area contributed by atoms with Crippen molar-refractivity contribution in [2.24, 2.45) is 0 Å². The van der Waals surface area contributed by atoms with Crippen molar-refractivity contribution in [3.05, 3.63) is 50.6 Å². The Kier molecular flexibility index (Phi) is 6.55. The lowest BCUT2D eigenvalue weighted by atomic mass is 10.2. The molecule has 1 aliphatic carbocycles. The number of carbonyl (C=O) groups is 1. The molecule has 6 nitrogen and oxygen atoms in total. The van der Waals surface area contributed by atoms with Crippen LogP contribution in [0.1, 0.15) is 28.8 Å². The average Bonchev–Trinajstić information content (AvgIpc) is 3.29. The van der Waals surface area contributed by atoms with Crippen LogP contribution in [-0.2, 0) is 28.9 Å². The first kappa shape index (κ1) is 21.1. The topological polar surface area (TPSA) is 73.2 Å². The fourth-order valence-electron chi connectivity index (χ4n) is 3.78. The number of thioether (sulfide) groups is 1. The van der Waals surface area contributed by atoms with Crippen LogP contribution in [0.4, 0.5) is 5.69 Å². The van der Waals surface area contributed by atoms with Crippen LogP contribution in [-0.4, -0.2) is 34.9 Å². The molecule has 0 fully saturated rings. The van der Waals surface area contributed by atoms with Crippen LogP contribution >= 0.6 is 23.1 Å². The molecule has 2 aromatic heterocycles. The molecule has 0 radical (unpaired) electrons. The van der Waals surface area contributed by atoms with Crippen LogP contribution in [0.2, 0.25) is 0 Å². The quantitative estimate of drug-likeness (QED) is 0.323. The smallest absolute Gasteiger partial charge is 0.263 e. The number of rotatable bonds is 8.